The number of thiazole rings is 1. The fraction of sp³-hybridized carbons (Fsp3) is 0.727. The summed E-state index contributed by atoms with van der Waals surface area (Å²) < 4.78 is 0.956. The smallest absolute Gasteiger partial charge is 0.186 e. The Labute approximate surface area is 104 Å². The Kier molecular flexibility index (Phi) is 3.67. The van der Waals surface area contributed by atoms with Crippen LogP contribution in [0, 0.1) is 5.92 Å². The van der Waals surface area contributed by atoms with E-state index >= 15 is 0 Å². The first-order chi connectivity index (χ1) is 7.18. The standard InChI is InChI=1S/C11H17BrN2S/c1-8-5-3-4-6-9(8)14(2)11-13-10(12)7-15-11/h7-9H,3-6H2,1-2H3. The molecule has 2 unspecified atom stereocenters. The summed E-state index contributed by atoms with van der Waals surface area (Å²) in [6, 6.07) is 0.678. The zero-order valence-electron chi connectivity index (χ0n) is 9.24. The molecular formula is C11H17BrN2S. The Hall–Kier alpha value is -0.0900. The van der Waals surface area contributed by atoms with Crippen LogP contribution in [-0.4, -0.2) is 18.1 Å². The molecule has 0 bridgehead atoms. The molecule has 2 atom stereocenters. The van der Waals surface area contributed by atoms with E-state index < -0.39 is 0 Å². The molecule has 0 amide bonds. The molecule has 1 saturated carbocycles. The molecule has 0 aliphatic heterocycles. The monoisotopic (exact) mass is 288 g/mol. The summed E-state index contributed by atoms with van der Waals surface area (Å²) in [5.74, 6) is 0.798. The normalized spacial score (nSPS) is 26.6. The van der Waals surface area contributed by atoms with E-state index in [1.54, 1.807) is 11.3 Å². The van der Waals surface area contributed by atoms with E-state index in [0.717, 1.165) is 15.7 Å². The third kappa shape index (κ3) is 2.53. The molecule has 1 aliphatic rings. The minimum Gasteiger partial charge on any atom is -0.348 e. The minimum absolute atomic E-state index is 0.678. The third-order valence-corrected chi connectivity index (χ3v) is 4.97. The van der Waals surface area contributed by atoms with Gasteiger partial charge in [-0.15, -0.1) is 11.3 Å². The molecule has 0 N–H and O–H groups in total. The van der Waals surface area contributed by atoms with E-state index in [-0.39, 0.29) is 0 Å². The highest BCUT2D eigenvalue weighted by atomic mass is 79.9. The number of hydrogen-bond donors (Lipinski definition) is 0. The van der Waals surface area contributed by atoms with Crippen LogP contribution in [0.5, 0.6) is 0 Å². The van der Waals surface area contributed by atoms with Crippen molar-refractivity contribution in [2.45, 2.75) is 38.6 Å². The van der Waals surface area contributed by atoms with Gasteiger partial charge in [0.1, 0.15) is 4.60 Å². The first kappa shape index (κ1) is 11.4. The van der Waals surface area contributed by atoms with Gasteiger partial charge in [0.2, 0.25) is 0 Å². The second kappa shape index (κ2) is 4.83. The third-order valence-electron chi connectivity index (χ3n) is 3.33. The molecule has 1 aromatic rings. The first-order valence-corrected chi connectivity index (χ1v) is 7.19. The molecule has 0 saturated heterocycles. The zero-order chi connectivity index (χ0) is 10.8. The van der Waals surface area contributed by atoms with E-state index in [0.29, 0.717) is 6.04 Å². The Bertz CT molecular complexity index is 326. The average molecular weight is 289 g/mol. The van der Waals surface area contributed by atoms with Crippen molar-refractivity contribution >= 4 is 32.4 Å². The number of aromatic nitrogens is 1. The van der Waals surface area contributed by atoms with Crippen molar-refractivity contribution in [3.8, 4) is 0 Å². The summed E-state index contributed by atoms with van der Waals surface area (Å²) in [5.41, 5.74) is 0. The fourth-order valence-electron chi connectivity index (χ4n) is 2.42. The summed E-state index contributed by atoms with van der Waals surface area (Å²) >= 11 is 5.13. The summed E-state index contributed by atoms with van der Waals surface area (Å²) in [6.07, 6.45) is 5.44. The van der Waals surface area contributed by atoms with Crippen LogP contribution in [0.1, 0.15) is 32.6 Å². The van der Waals surface area contributed by atoms with E-state index in [1.165, 1.54) is 25.7 Å². The molecule has 0 spiro atoms. The molecule has 1 fully saturated rings. The maximum atomic E-state index is 4.48. The van der Waals surface area contributed by atoms with Gasteiger partial charge in [0.15, 0.2) is 5.13 Å². The van der Waals surface area contributed by atoms with Crippen molar-refractivity contribution < 1.29 is 0 Å². The summed E-state index contributed by atoms with van der Waals surface area (Å²) in [4.78, 5) is 6.84. The van der Waals surface area contributed by atoms with E-state index in [2.05, 4.69) is 45.2 Å². The van der Waals surface area contributed by atoms with E-state index in [1.807, 2.05) is 0 Å². The second-order valence-electron chi connectivity index (χ2n) is 4.39. The van der Waals surface area contributed by atoms with Gasteiger partial charge in [-0.1, -0.05) is 19.8 Å². The van der Waals surface area contributed by atoms with Gasteiger partial charge in [0.05, 0.1) is 0 Å². The Morgan fingerprint density at radius 1 is 1.47 bits per heavy atom. The average Bonchev–Trinajstić information content (AvgIpc) is 2.65. The Balaban J connectivity index is 2.09. The van der Waals surface area contributed by atoms with Gasteiger partial charge < -0.3 is 4.90 Å². The summed E-state index contributed by atoms with van der Waals surface area (Å²) in [6.45, 7) is 2.36. The predicted octanol–water partition coefficient (Wildman–Crippen LogP) is 3.92. The van der Waals surface area contributed by atoms with Crippen LogP contribution in [0.4, 0.5) is 5.13 Å². The summed E-state index contributed by atoms with van der Waals surface area (Å²) in [7, 11) is 2.18. The van der Waals surface area contributed by atoms with Crippen molar-refractivity contribution in [3.63, 3.8) is 0 Å². The zero-order valence-corrected chi connectivity index (χ0v) is 11.6. The molecule has 0 radical (unpaired) electrons. The number of halogens is 1. The molecule has 84 valence electrons. The van der Waals surface area contributed by atoms with Gasteiger partial charge in [-0.25, -0.2) is 4.98 Å². The lowest BCUT2D eigenvalue weighted by Crippen LogP contribution is -2.38. The lowest BCUT2D eigenvalue weighted by molar-refractivity contribution is 0.321. The van der Waals surface area contributed by atoms with Crippen LogP contribution < -0.4 is 4.90 Å². The minimum atomic E-state index is 0.678. The molecule has 1 aromatic heterocycles. The predicted molar refractivity (Wildman–Crippen MR) is 69.6 cm³/mol. The SMILES string of the molecule is CC1CCCCC1N(C)c1nc(Br)cs1. The molecule has 2 rings (SSSR count). The molecule has 0 aromatic carbocycles. The van der Waals surface area contributed by atoms with Crippen LogP contribution in [0.2, 0.25) is 0 Å². The molecule has 15 heavy (non-hydrogen) atoms. The lowest BCUT2D eigenvalue weighted by atomic mass is 9.85. The van der Waals surface area contributed by atoms with Crippen molar-refractivity contribution in [2.24, 2.45) is 5.92 Å². The number of hydrogen-bond acceptors (Lipinski definition) is 3. The molecular weight excluding hydrogens is 272 g/mol. The van der Waals surface area contributed by atoms with Gasteiger partial charge >= 0.3 is 0 Å². The molecule has 2 nitrogen and oxygen atoms in total. The van der Waals surface area contributed by atoms with Gasteiger partial charge in [-0.3, -0.25) is 0 Å². The van der Waals surface area contributed by atoms with Crippen molar-refractivity contribution in [2.75, 3.05) is 11.9 Å². The highest BCUT2D eigenvalue weighted by molar-refractivity contribution is 9.10. The van der Waals surface area contributed by atoms with Crippen LogP contribution in [0.3, 0.4) is 0 Å². The fourth-order valence-corrected chi connectivity index (χ4v) is 3.70. The van der Waals surface area contributed by atoms with Crippen molar-refractivity contribution in [1.82, 2.24) is 4.98 Å². The van der Waals surface area contributed by atoms with Crippen molar-refractivity contribution in [3.05, 3.63) is 9.98 Å². The first-order valence-electron chi connectivity index (χ1n) is 5.52. The molecule has 4 heteroatoms. The van der Waals surface area contributed by atoms with Gasteiger partial charge in [0.25, 0.3) is 0 Å². The van der Waals surface area contributed by atoms with Crippen LogP contribution in [0.25, 0.3) is 0 Å². The summed E-state index contributed by atoms with van der Waals surface area (Å²) in [5, 5.41) is 3.19. The Morgan fingerprint density at radius 2 is 2.20 bits per heavy atom. The highest BCUT2D eigenvalue weighted by Crippen LogP contribution is 2.32. The van der Waals surface area contributed by atoms with Crippen molar-refractivity contribution in [1.29, 1.82) is 0 Å². The maximum Gasteiger partial charge on any atom is 0.186 e. The van der Waals surface area contributed by atoms with Crippen LogP contribution in [0.15, 0.2) is 9.98 Å². The highest BCUT2D eigenvalue weighted by Gasteiger charge is 2.26. The van der Waals surface area contributed by atoms with Gasteiger partial charge in [-0.05, 0) is 34.7 Å². The Morgan fingerprint density at radius 3 is 2.80 bits per heavy atom. The number of nitrogens with zero attached hydrogens (tertiary/aromatic N) is 2. The molecule has 1 heterocycles. The van der Waals surface area contributed by atoms with Crippen LogP contribution >= 0.6 is 27.3 Å². The second-order valence-corrected chi connectivity index (χ2v) is 6.04. The molecule has 1 aliphatic carbocycles. The maximum absolute atomic E-state index is 4.48. The van der Waals surface area contributed by atoms with E-state index in [4.69, 9.17) is 0 Å². The van der Waals surface area contributed by atoms with E-state index in [9.17, 15) is 0 Å². The quantitative estimate of drug-likeness (QED) is 0.820. The van der Waals surface area contributed by atoms with Gasteiger partial charge in [0, 0.05) is 18.5 Å². The van der Waals surface area contributed by atoms with Crippen LogP contribution in [-0.2, 0) is 0 Å². The number of rotatable bonds is 2. The number of anilines is 1. The van der Waals surface area contributed by atoms with Gasteiger partial charge in [-0.2, -0.15) is 0 Å². The largest absolute Gasteiger partial charge is 0.348 e. The lowest BCUT2D eigenvalue weighted by Gasteiger charge is -2.36. The topological polar surface area (TPSA) is 16.1 Å².